The normalized spacial score (nSPS) is 12.2. The van der Waals surface area contributed by atoms with E-state index >= 15 is 0 Å². The molecule has 0 spiro atoms. The van der Waals surface area contributed by atoms with Crippen molar-refractivity contribution in [2.75, 3.05) is 0 Å². The van der Waals surface area contributed by atoms with E-state index in [0.29, 0.717) is 0 Å². The van der Waals surface area contributed by atoms with Gasteiger partial charge in [0.05, 0.1) is 6.10 Å². The van der Waals surface area contributed by atoms with Gasteiger partial charge in [0, 0.05) is 0 Å². The average molecular weight is 351 g/mol. The highest BCUT2D eigenvalue weighted by molar-refractivity contribution is 6.99. The molecule has 2 rings (SSSR count). The van der Waals surface area contributed by atoms with Gasteiger partial charge in [-0.2, -0.15) is 0 Å². The molecule has 0 aliphatic carbocycles. The third kappa shape index (κ3) is 4.20. The first kappa shape index (κ1) is 19.4. The highest BCUT2D eigenvalue weighted by Crippen LogP contribution is 2.38. The Bertz CT molecular complexity index is 621. The van der Waals surface area contributed by atoms with Crippen LogP contribution in [0.2, 0.25) is 5.04 Å². The molecule has 0 aliphatic rings. The van der Waals surface area contributed by atoms with Crippen LogP contribution in [0.1, 0.15) is 33.6 Å². The highest BCUT2D eigenvalue weighted by atomic mass is 28.4. The predicted octanol–water partition coefficient (Wildman–Crippen LogP) is 5.08. The quantitative estimate of drug-likeness (QED) is 0.476. The van der Waals surface area contributed by atoms with Gasteiger partial charge in [-0.05, 0) is 28.3 Å². The van der Waals surface area contributed by atoms with Gasteiger partial charge in [0.25, 0.3) is 8.32 Å². The molecule has 0 radical (unpaired) electrons. The summed E-state index contributed by atoms with van der Waals surface area (Å²) >= 11 is 0. The minimum absolute atomic E-state index is 0.00367. The third-order valence-corrected chi connectivity index (χ3v) is 9.71. The van der Waals surface area contributed by atoms with E-state index in [1.165, 1.54) is 10.4 Å². The van der Waals surface area contributed by atoms with E-state index in [0.717, 1.165) is 12.8 Å². The van der Waals surface area contributed by atoms with E-state index in [1.54, 1.807) is 0 Å². The molecule has 0 fully saturated rings. The fraction of sp³-hybridized carbons (Fsp3) is 0.304. The van der Waals surface area contributed by atoms with Crippen LogP contribution >= 0.6 is 0 Å². The topological polar surface area (TPSA) is 9.23 Å². The molecule has 132 valence electrons. The molecule has 0 unspecified atom stereocenters. The van der Waals surface area contributed by atoms with Crippen LogP contribution in [0.3, 0.4) is 0 Å². The maximum Gasteiger partial charge on any atom is 0.261 e. The van der Waals surface area contributed by atoms with Crippen LogP contribution in [-0.4, -0.2) is 14.4 Å². The summed E-state index contributed by atoms with van der Waals surface area (Å²) in [7, 11) is -2.48. The Labute approximate surface area is 154 Å². The van der Waals surface area contributed by atoms with Crippen LogP contribution in [0.4, 0.5) is 0 Å². The summed E-state index contributed by atoms with van der Waals surface area (Å²) in [6, 6.07) is 21.5. The van der Waals surface area contributed by atoms with Crippen molar-refractivity contribution in [2.45, 2.75) is 44.8 Å². The summed E-state index contributed by atoms with van der Waals surface area (Å²) in [5.74, 6) is 0. The van der Waals surface area contributed by atoms with Gasteiger partial charge in [-0.15, -0.1) is 13.2 Å². The van der Waals surface area contributed by atoms with E-state index < -0.39 is 8.32 Å². The molecule has 1 nitrogen and oxygen atoms in total. The molecule has 0 atom stereocenters. The fourth-order valence-electron chi connectivity index (χ4n) is 3.51. The second kappa shape index (κ2) is 8.46. The van der Waals surface area contributed by atoms with Crippen molar-refractivity contribution >= 4 is 18.7 Å². The second-order valence-electron chi connectivity index (χ2n) is 7.45. The predicted molar refractivity (Wildman–Crippen MR) is 112 cm³/mol. The van der Waals surface area contributed by atoms with Crippen molar-refractivity contribution in [1.82, 2.24) is 0 Å². The second-order valence-corrected chi connectivity index (χ2v) is 11.7. The molecule has 2 aromatic carbocycles. The zero-order valence-electron chi connectivity index (χ0n) is 15.7. The first-order valence-electron chi connectivity index (χ1n) is 8.96. The molecule has 0 saturated carbocycles. The molecule has 0 saturated heterocycles. The minimum Gasteiger partial charge on any atom is -0.404 e. The smallest absolute Gasteiger partial charge is 0.261 e. The Balaban J connectivity index is 2.67. The molecule has 0 aromatic heterocycles. The highest BCUT2D eigenvalue weighted by Gasteiger charge is 2.51. The molecular weight excluding hydrogens is 320 g/mol. The standard InChI is InChI=1S/C23H30OSi/c1-6-14-20(15-7-2)24-25(23(3,4)5,21-16-10-8-11-17-21)22-18-12-9-13-19-22/h6-13,16-20H,1-2,14-15H2,3-5H3. The van der Waals surface area contributed by atoms with Gasteiger partial charge in [-0.25, -0.2) is 0 Å². The van der Waals surface area contributed by atoms with Crippen molar-refractivity contribution < 1.29 is 4.43 Å². The SMILES string of the molecule is C=CCC(CC=C)O[Si](c1ccccc1)(c1ccccc1)C(C)(C)C. The summed E-state index contributed by atoms with van der Waals surface area (Å²) in [6.07, 6.45) is 5.66. The molecule has 0 bridgehead atoms. The van der Waals surface area contributed by atoms with E-state index in [4.69, 9.17) is 4.43 Å². The molecular formula is C23H30OSi. The monoisotopic (exact) mass is 350 g/mol. The van der Waals surface area contributed by atoms with E-state index in [-0.39, 0.29) is 11.1 Å². The van der Waals surface area contributed by atoms with E-state index in [2.05, 4.69) is 94.6 Å². The Kier molecular flexibility index (Phi) is 6.57. The maximum atomic E-state index is 7.05. The summed E-state index contributed by atoms with van der Waals surface area (Å²) in [5, 5.41) is 2.62. The van der Waals surface area contributed by atoms with Gasteiger partial charge >= 0.3 is 0 Å². The lowest BCUT2D eigenvalue weighted by Crippen LogP contribution is -2.67. The lowest BCUT2D eigenvalue weighted by molar-refractivity contribution is 0.193. The number of benzene rings is 2. The van der Waals surface area contributed by atoms with Crippen LogP contribution in [0, 0.1) is 0 Å². The lowest BCUT2D eigenvalue weighted by atomic mass is 10.2. The summed E-state index contributed by atoms with van der Waals surface area (Å²) in [6.45, 7) is 14.8. The molecule has 2 heteroatoms. The van der Waals surface area contributed by atoms with Gasteiger partial charge in [0.15, 0.2) is 0 Å². The summed E-state index contributed by atoms with van der Waals surface area (Å²) in [4.78, 5) is 0. The molecule has 0 aliphatic heterocycles. The third-order valence-electron chi connectivity index (χ3n) is 4.62. The van der Waals surface area contributed by atoms with Gasteiger partial charge in [0.1, 0.15) is 0 Å². The number of hydrogen-bond donors (Lipinski definition) is 0. The van der Waals surface area contributed by atoms with Crippen molar-refractivity contribution in [3.8, 4) is 0 Å². The zero-order valence-corrected chi connectivity index (χ0v) is 16.7. The van der Waals surface area contributed by atoms with Crippen LogP contribution in [0.15, 0.2) is 86.0 Å². The maximum absolute atomic E-state index is 7.05. The minimum atomic E-state index is -2.48. The van der Waals surface area contributed by atoms with Crippen LogP contribution in [0.25, 0.3) is 0 Å². The van der Waals surface area contributed by atoms with Gasteiger partial charge < -0.3 is 4.43 Å². The first-order chi connectivity index (χ1) is 12.0. The average Bonchev–Trinajstić information content (AvgIpc) is 2.60. The molecule has 25 heavy (non-hydrogen) atoms. The lowest BCUT2D eigenvalue weighted by Gasteiger charge is -2.45. The zero-order chi connectivity index (χ0) is 18.3. The molecule has 0 amide bonds. The van der Waals surface area contributed by atoms with Crippen LogP contribution < -0.4 is 10.4 Å². The Hall–Kier alpha value is -1.90. The van der Waals surface area contributed by atoms with E-state index in [9.17, 15) is 0 Å². The molecule has 0 N–H and O–H groups in total. The van der Waals surface area contributed by atoms with Crippen molar-refractivity contribution in [3.05, 3.63) is 86.0 Å². The van der Waals surface area contributed by atoms with Crippen molar-refractivity contribution in [3.63, 3.8) is 0 Å². The number of rotatable bonds is 8. The van der Waals surface area contributed by atoms with Gasteiger partial charge in [-0.1, -0.05) is 93.6 Å². The Morgan fingerprint density at radius 3 is 1.56 bits per heavy atom. The largest absolute Gasteiger partial charge is 0.404 e. The Morgan fingerprint density at radius 1 is 0.840 bits per heavy atom. The van der Waals surface area contributed by atoms with Crippen molar-refractivity contribution in [2.24, 2.45) is 0 Å². The van der Waals surface area contributed by atoms with Gasteiger partial charge in [0.2, 0.25) is 0 Å². The van der Waals surface area contributed by atoms with Crippen molar-refractivity contribution in [1.29, 1.82) is 0 Å². The molecule has 2 aromatic rings. The Morgan fingerprint density at radius 2 is 1.24 bits per heavy atom. The summed E-state index contributed by atoms with van der Waals surface area (Å²) in [5.41, 5.74) is 0. The van der Waals surface area contributed by atoms with Gasteiger partial charge in [-0.3, -0.25) is 0 Å². The van der Waals surface area contributed by atoms with E-state index in [1.807, 2.05) is 12.2 Å². The molecule has 0 heterocycles. The number of hydrogen-bond acceptors (Lipinski definition) is 1. The van der Waals surface area contributed by atoms with Crippen LogP contribution in [0.5, 0.6) is 0 Å². The van der Waals surface area contributed by atoms with Crippen LogP contribution in [-0.2, 0) is 4.43 Å². The first-order valence-corrected chi connectivity index (χ1v) is 10.9. The fourth-order valence-corrected chi connectivity index (χ4v) is 8.21. The summed E-state index contributed by atoms with van der Waals surface area (Å²) < 4.78 is 7.05.